The number of para-hydroxylation sites is 1. The van der Waals surface area contributed by atoms with Crippen LogP contribution in [0.3, 0.4) is 0 Å². The number of rotatable bonds is 4. The topological polar surface area (TPSA) is 54.6 Å². The van der Waals surface area contributed by atoms with E-state index in [1.807, 2.05) is 60.7 Å². The van der Waals surface area contributed by atoms with E-state index in [2.05, 4.69) is 4.99 Å². The highest BCUT2D eigenvalue weighted by Gasteiger charge is 2.12. The zero-order chi connectivity index (χ0) is 15.4. The molecule has 110 valence electrons. The van der Waals surface area contributed by atoms with E-state index in [9.17, 15) is 9.90 Å². The Morgan fingerprint density at radius 3 is 2.36 bits per heavy atom. The number of hydrogen-bond donors (Lipinski definition) is 1. The molecule has 0 bridgehead atoms. The van der Waals surface area contributed by atoms with Crippen LogP contribution in [0.1, 0.15) is 10.4 Å². The minimum atomic E-state index is -0.198. The monoisotopic (exact) mass is 310 g/mol. The number of aliphatic imine (C=N–C) groups is 1. The molecule has 5 heteroatoms. The number of aromatic hydroxyl groups is 1. The first-order valence-electron chi connectivity index (χ1n) is 6.79. The van der Waals surface area contributed by atoms with Crippen molar-refractivity contribution < 1.29 is 5.11 Å². The SMILES string of the molecule is O=c1sc(C=Nc2ccccc2)c(O)n1Cc1ccccc1. The number of aromatic nitrogens is 1. The molecule has 0 aliphatic rings. The smallest absolute Gasteiger partial charge is 0.310 e. The van der Waals surface area contributed by atoms with E-state index in [4.69, 9.17) is 0 Å². The highest BCUT2D eigenvalue weighted by molar-refractivity contribution is 7.11. The van der Waals surface area contributed by atoms with E-state index in [0.29, 0.717) is 11.4 Å². The van der Waals surface area contributed by atoms with Crippen LogP contribution < -0.4 is 4.87 Å². The Labute approximate surface area is 131 Å². The van der Waals surface area contributed by atoms with Crippen LogP contribution in [0.2, 0.25) is 0 Å². The Kier molecular flexibility index (Phi) is 4.16. The zero-order valence-electron chi connectivity index (χ0n) is 11.7. The maximum atomic E-state index is 12.0. The lowest BCUT2D eigenvalue weighted by atomic mass is 10.2. The van der Waals surface area contributed by atoms with Gasteiger partial charge in [0.05, 0.1) is 18.4 Å². The normalized spacial score (nSPS) is 11.1. The fourth-order valence-corrected chi connectivity index (χ4v) is 2.81. The summed E-state index contributed by atoms with van der Waals surface area (Å²) in [7, 11) is 0. The quantitative estimate of drug-likeness (QED) is 0.751. The lowest BCUT2D eigenvalue weighted by molar-refractivity contribution is 0.421. The predicted octanol–water partition coefficient (Wildman–Crippen LogP) is 3.41. The lowest BCUT2D eigenvalue weighted by Crippen LogP contribution is -2.13. The van der Waals surface area contributed by atoms with Gasteiger partial charge in [-0.25, -0.2) is 0 Å². The standard InChI is InChI=1S/C17H14N2O2S/c20-16-15(11-18-14-9-5-2-6-10-14)22-17(21)19(16)12-13-7-3-1-4-8-13/h1-11,20H,12H2. The van der Waals surface area contributed by atoms with Gasteiger partial charge in [0.25, 0.3) is 0 Å². The largest absolute Gasteiger partial charge is 0.493 e. The maximum Gasteiger partial charge on any atom is 0.310 e. The van der Waals surface area contributed by atoms with Gasteiger partial charge in [0.2, 0.25) is 5.88 Å². The molecule has 0 saturated carbocycles. The van der Waals surface area contributed by atoms with Crippen LogP contribution >= 0.6 is 11.3 Å². The summed E-state index contributed by atoms with van der Waals surface area (Å²) in [6.07, 6.45) is 1.53. The van der Waals surface area contributed by atoms with Crippen LogP contribution in [0.15, 0.2) is 70.5 Å². The Hall–Kier alpha value is -2.66. The second-order valence-corrected chi connectivity index (χ2v) is 5.71. The van der Waals surface area contributed by atoms with E-state index >= 15 is 0 Å². The van der Waals surface area contributed by atoms with Gasteiger partial charge in [-0.15, -0.1) is 0 Å². The third kappa shape index (κ3) is 3.15. The molecule has 0 amide bonds. The third-order valence-electron chi connectivity index (χ3n) is 3.16. The van der Waals surface area contributed by atoms with Gasteiger partial charge in [-0.2, -0.15) is 0 Å². The summed E-state index contributed by atoms with van der Waals surface area (Å²) in [6.45, 7) is 0.348. The maximum absolute atomic E-state index is 12.0. The molecule has 0 radical (unpaired) electrons. The van der Waals surface area contributed by atoms with Crippen LogP contribution in [-0.4, -0.2) is 15.9 Å². The molecule has 3 rings (SSSR count). The second-order valence-electron chi connectivity index (χ2n) is 4.72. The van der Waals surface area contributed by atoms with Crippen molar-refractivity contribution in [2.24, 2.45) is 4.99 Å². The fraction of sp³-hybridized carbons (Fsp3) is 0.0588. The third-order valence-corrected chi connectivity index (χ3v) is 4.07. The molecule has 0 atom stereocenters. The number of benzene rings is 2. The van der Waals surface area contributed by atoms with Crippen molar-refractivity contribution in [1.29, 1.82) is 0 Å². The van der Waals surface area contributed by atoms with Crippen molar-refractivity contribution in [3.8, 4) is 5.88 Å². The summed E-state index contributed by atoms with van der Waals surface area (Å²) in [4.78, 5) is 16.6. The van der Waals surface area contributed by atoms with E-state index in [1.54, 1.807) is 0 Å². The molecular weight excluding hydrogens is 296 g/mol. The summed E-state index contributed by atoms with van der Waals surface area (Å²) in [6, 6.07) is 19.0. The van der Waals surface area contributed by atoms with E-state index < -0.39 is 0 Å². The number of nitrogens with zero attached hydrogens (tertiary/aromatic N) is 2. The average molecular weight is 310 g/mol. The van der Waals surface area contributed by atoms with Crippen LogP contribution in [0.4, 0.5) is 5.69 Å². The molecule has 1 heterocycles. The molecule has 3 aromatic rings. The molecule has 2 aromatic carbocycles. The molecule has 0 unspecified atom stereocenters. The van der Waals surface area contributed by atoms with Crippen LogP contribution in [-0.2, 0) is 6.54 Å². The van der Waals surface area contributed by atoms with Crippen molar-refractivity contribution in [3.63, 3.8) is 0 Å². The Morgan fingerprint density at radius 2 is 1.68 bits per heavy atom. The minimum absolute atomic E-state index is 0.0430. The summed E-state index contributed by atoms with van der Waals surface area (Å²) in [5.41, 5.74) is 1.74. The number of thiazole rings is 1. The highest BCUT2D eigenvalue weighted by Crippen LogP contribution is 2.20. The van der Waals surface area contributed by atoms with Crippen molar-refractivity contribution in [2.45, 2.75) is 6.54 Å². The number of hydrogen-bond acceptors (Lipinski definition) is 4. The Morgan fingerprint density at radius 1 is 1.05 bits per heavy atom. The Balaban J connectivity index is 1.87. The van der Waals surface area contributed by atoms with Gasteiger partial charge in [-0.3, -0.25) is 14.4 Å². The minimum Gasteiger partial charge on any atom is -0.493 e. The predicted molar refractivity (Wildman–Crippen MR) is 89.5 cm³/mol. The second kappa shape index (κ2) is 6.41. The van der Waals surface area contributed by atoms with Crippen LogP contribution in [0.25, 0.3) is 0 Å². The Bertz CT molecular complexity index is 836. The molecule has 4 nitrogen and oxygen atoms in total. The molecule has 0 aliphatic carbocycles. The van der Waals surface area contributed by atoms with Gasteiger partial charge in [-0.05, 0) is 17.7 Å². The molecule has 1 N–H and O–H groups in total. The van der Waals surface area contributed by atoms with Crippen molar-refractivity contribution >= 4 is 23.2 Å². The van der Waals surface area contributed by atoms with Crippen LogP contribution in [0.5, 0.6) is 5.88 Å². The highest BCUT2D eigenvalue weighted by atomic mass is 32.1. The lowest BCUT2D eigenvalue weighted by Gasteiger charge is -2.03. The van der Waals surface area contributed by atoms with Crippen molar-refractivity contribution in [3.05, 3.63) is 80.8 Å². The molecule has 0 saturated heterocycles. The van der Waals surface area contributed by atoms with Gasteiger partial charge < -0.3 is 5.11 Å². The molecular formula is C17H14N2O2S. The fourth-order valence-electron chi connectivity index (χ4n) is 2.05. The van der Waals surface area contributed by atoms with E-state index in [-0.39, 0.29) is 10.8 Å². The summed E-state index contributed by atoms with van der Waals surface area (Å²) in [5, 5.41) is 10.2. The van der Waals surface area contributed by atoms with Gasteiger partial charge in [0.1, 0.15) is 4.88 Å². The first-order chi connectivity index (χ1) is 10.7. The zero-order valence-corrected chi connectivity index (χ0v) is 12.5. The molecule has 0 aliphatic heterocycles. The van der Waals surface area contributed by atoms with Crippen molar-refractivity contribution in [1.82, 2.24) is 4.57 Å². The first-order valence-corrected chi connectivity index (χ1v) is 7.61. The van der Waals surface area contributed by atoms with E-state index in [0.717, 1.165) is 22.6 Å². The average Bonchev–Trinajstić information content (AvgIpc) is 2.82. The van der Waals surface area contributed by atoms with Gasteiger partial charge in [0, 0.05) is 0 Å². The van der Waals surface area contributed by atoms with Crippen molar-refractivity contribution in [2.75, 3.05) is 0 Å². The van der Waals surface area contributed by atoms with Gasteiger partial charge in [-0.1, -0.05) is 59.9 Å². The van der Waals surface area contributed by atoms with Gasteiger partial charge in [0.15, 0.2) is 0 Å². The molecule has 1 aromatic heterocycles. The summed E-state index contributed by atoms with van der Waals surface area (Å²) < 4.78 is 1.35. The molecule has 0 fully saturated rings. The summed E-state index contributed by atoms with van der Waals surface area (Å²) in [5.74, 6) is -0.0430. The molecule has 22 heavy (non-hydrogen) atoms. The first kappa shape index (κ1) is 14.3. The molecule has 0 spiro atoms. The van der Waals surface area contributed by atoms with Gasteiger partial charge >= 0.3 is 4.87 Å². The van der Waals surface area contributed by atoms with Crippen LogP contribution in [0, 0.1) is 0 Å². The summed E-state index contributed by atoms with van der Waals surface area (Å²) >= 11 is 0.988. The van der Waals surface area contributed by atoms with E-state index in [1.165, 1.54) is 10.8 Å².